The standard InChI is InChI=1S/C105H201N23O3/c1-44-47-50-121(76-60-90(4,5)112(36)91(6,7)61-76)85-57-84(106-126(107-85)129-81-70-100(24,25)117(41)101(26,27)71-81)120(53-55-124(79-66-96(16,17)115(39)97(18,19)67-79)88-58-86(108-127(110-88)130-82-72-102(28,29)118(42)103(30,31)73-82)122(51-48-45-2)77-62-92(8,9)113(37)93(10,11)63-77)54-56-125(80-68-98(20,21)116(40)99(22,23)69-80)89-59-87(109-128(111-89)131-83-74-104(32,33)119(43)105(34,35)75-83)123(52-49-46-3)78-64-94(12,13)114(38)95(14,15)65-78/h57-59,76-83,106,110-111H,44-56,60-75H2,1-43H3. The Bertz CT molecular complexity index is 3740. The van der Waals surface area contributed by atoms with E-state index in [1.54, 1.807) is 0 Å². The third-order valence-electron chi connectivity index (χ3n) is 36.5. The lowest BCUT2D eigenvalue weighted by Gasteiger charge is -2.57. The smallest absolute Gasteiger partial charge is 0.157 e. The predicted molar refractivity (Wildman–Crippen MR) is 546 cm³/mol. The maximum absolute atomic E-state index is 7.70. The van der Waals surface area contributed by atoms with Crippen molar-refractivity contribution in [1.82, 2.24) is 101 Å². The van der Waals surface area contributed by atoms with Gasteiger partial charge in [-0.1, -0.05) is 55.9 Å². The van der Waals surface area contributed by atoms with Gasteiger partial charge in [0.1, 0.15) is 17.5 Å². The SMILES string of the molecule is CCCCN(C1=NN(OC2CC(C)(C)N(C)C(C)(C)C2)NC(N(CCN(C2=CC(N(CCCC)C3CC(C)(C)N(C)C(C)(C)C3)=NN(OC3CC(C)(C)N(C)C(C)(C)C3)N2)C2CC(C)(C)N(C)C(C)(C)C2)CCN(C2=CC(N(CCCC)C3CC(C)(C)N(C)C(C)(C)C3)=NN(OC3CC(C)(C)N(C)C(C)(C)C3)N2)C2CC(C)(C)N(C)C(C)(C)C2)=C1)C1CC(C)(C)N(C)C(C)(C)C1. The minimum atomic E-state index is -0.175. The van der Waals surface area contributed by atoms with Crippen LogP contribution in [0.15, 0.2) is 51.0 Å². The number of rotatable bonds is 29. The second-order valence-corrected chi connectivity index (χ2v) is 53.3. The molecule has 0 unspecified atom stereocenters. The van der Waals surface area contributed by atoms with Gasteiger partial charge in [-0.25, -0.2) is 30.8 Å². The molecule has 131 heavy (non-hydrogen) atoms. The normalized spacial score (nSPS) is 28.1. The Morgan fingerprint density at radius 2 is 0.412 bits per heavy atom. The summed E-state index contributed by atoms with van der Waals surface area (Å²) in [6, 6.07) is 0.762. The van der Waals surface area contributed by atoms with Gasteiger partial charge in [0, 0.05) is 183 Å². The molecule has 26 heteroatoms. The van der Waals surface area contributed by atoms with Crippen LogP contribution >= 0.6 is 0 Å². The zero-order valence-electron chi connectivity index (χ0n) is 92.5. The Morgan fingerprint density at radius 3 is 0.603 bits per heavy atom. The lowest BCUT2D eigenvalue weighted by Crippen LogP contribution is -2.65. The van der Waals surface area contributed by atoms with Crippen LogP contribution in [0.4, 0.5) is 0 Å². The molecule has 26 nitrogen and oxygen atoms in total. The van der Waals surface area contributed by atoms with Gasteiger partial charge in [0.25, 0.3) is 0 Å². The number of hydrogen-bond donors (Lipinski definition) is 3. The number of hydrazone groups is 3. The Balaban J connectivity index is 1.15. The van der Waals surface area contributed by atoms with Crippen LogP contribution in [0.25, 0.3) is 0 Å². The molecule has 8 saturated heterocycles. The summed E-state index contributed by atoms with van der Waals surface area (Å²) < 4.78 is 0. The fourth-order valence-corrected chi connectivity index (χ4v) is 26.7. The molecule has 0 aromatic heterocycles. The van der Waals surface area contributed by atoms with Crippen molar-refractivity contribution in [1.29, 1.82) is 0 Å². The lowest BCUT2D eigenvalue weighted by atomic mass is 9.76. The van der Waals surface area contributed by atoms with E-state index in [9.17, 15) is 0 Å². The first-order valence-corrected chi connectivity index (χ1v) is 52.0. The van der Waals surface area contributed by atoms with Gasteiger partial charge >= 0.3 is 0 Å². The van der Waals surface area contributed by atoms with E-state index in [1.165, 1.54) is 0 Å². The second kappa shape index (κ2) is 38.2. The summed E-state index contributed by atoms with van der Waals surface area (Å²) in [5.41, 5.74) is 10.4. The zero-order valence-corrected chi connectivity index (χ0v) is 92.5. The van der Waals surface area contributed by atoms with Gasteiger partial charge in [-0.05, 0) is 400 Å². The van der Waals surface area contributed by atoms with Crippen LogP contribution in [0.1, 0.15) is 384 Å². The highest BCUT2D eigenvalue weighted by Crippen LogP contribution is 2.49. The van der Waals surface area contributed by atoms with Crippen molar-refractivity contribution >= 4 is 17.5 Å². The van der Waals surface area contributed by atoms with Gasteiger partial charge in [-0.15, -0.1) is 15.3 Å². The summed E-state index contributed by atoms with van der Waals surface area (Å²) in [7, 11) is 18.7. The molecule has 0 atom stereocenters. The molecule has 0 aromatic rings. The van der Waals surface area contributed by atoms with Crippen LogP contribution in [-0.4, -0.2) is 341 Å². The third kappa shape index (κ3) is 23.4. The summed E-state index contributed by atoms with van der Waals surface area (Å²) in [6.07, 6.45) is 28.0. The molecular formula is C105H201N23O3. The highest BCUT2D eigenvalue weighted by Gasteiger charge is 2.55. The molecular weight excluding hydrogens is 1630 g/mol. The molecule has 11 aliphatic rings. The highest BCUT2D eigenvalue weighted by molar-refractivity contribution is 5.95. The van der Waals surface area contributed by atoms with Gasteiger partial charge in [0.05, 0.1) is 18.3 Å². The van der Waals surface area contributed by atoms with Crippen LogP contribution in [-0.2, 0) is 14.5 Å². The van der Waals surface area contributed by atoms with Crippen molar-refractivity contribution in [3.05, 3.63) is 35.7 Å². The number of nitrogens with zero attached hydrogens (tertiary/aromatic N) is 20. The van der Waals surface area contributed by atoms with E-state index in [0.717, 1.165) is 196 Å². The van der Waals surface area contributed by atoms with Crippen LogP contribution in [0, 0.1) is 0 Å². The third-order valence-corrected chi connectivity index (χ3v) is 36.5. The molecule has 8 fully saturated rings. The fourth-order valence-electron chi connectivity index (χ4n) is 26.7. The Labute approximate surface area is 802 Å². The van der Waals surface area contributed by atoms with Gasteiger partial charge in [-0.3, -0.25) is 39.2 Å². The second-order valence-electron chi connectivity index (χ2n) is 53.3. The minimum Gasteiger partial charge on any atom is -0.353 e. The summed E-state index contributed by atoms with van der Waals surface area (Å²) in [6.45, 7) is 90.2. The van der Waals surface area contributed by atoms with Gasteiger partial charge < -0.3 is 29.4 Å². The van der Waals surface area contributed by atoms with Gasteiger partial charge in [0.2, 0.25) is 0 Å². The van der Waals surface area contributed by atoms with E-state index in [-0.39, 0.29) is 137 Å². The van der Waals surface area contributed by atoms with Crippen molar-refractivity contribution in [2.45, 2.75) is 521 Å². The number of hydrazine groups is 3. The van der Waals surface area contributed by atoms with Crippen molar-refractivity contribution < 1.29 is 14.5 Å². The first kappa shape index (κ1) is 107. The molecule has 11 heterocycles. The monoisotopic (exact) mass is 1830 g/mol. The Morgan fingerprint density at radius 1 is 0.244 bits per heavy atom. The quantitative estimate of drug-likeness (QED) is 0.0649. The first-order valence-electron chi connectivity index (χ1n) is 52.0. The average Bonchev–Trinajstić information content (AvgIpc) is 0.749. The molecule has 0 aliphatic carbocycles. The Hall–Kier alpha value is -4.61. The molecule has 0 spiro atoms. The van der Waals surface area contributed by atoms with Crippen molar-refractivity contribution in [2.24, 2.45) is 15.3 Å². The predicted octanol–water partition coefficient (Wildman–Crippen LogP) is 18.1. The van der Waals surface area contributed by atoms with E-state index in [0.29, 0.717) is 26.2 Å². The Kier molecular flexibility index (Phi) is 31.1. The molecule has 11 aliphatic heterocycles. The average molecular weight is 1830 g/mol. The van der Waals surface area contributed by atoms with Crippen LogP contribution in [0.2, 0.25) is 0 Å². The summed E-state index contributed by atoms with van der Waals surface area (Å²) in [5.74, 6) is 5.85. The van der Waals surface area contributed by atoms with Crippen molar-refractivity contribution in [3.8, 4) is 0 Å². The zero-order chi connectivity index (χ0) is 97.9. The number of nitrogens with one attached hydrogen (secondary N) is 3. The van der Waals surface area contributed by atoms with E-state index < -0.39 is 0 Å². The highest BCUT2D eigenvalue weighted by atomic mass is 16.8. The summed E-state index contributed by atoms with van der Waals surface area (Å²) in [5, 5.41) is 23.0. The maximum atomic E-state index is 7.70. The topological polar surface area (TPSA) is 156 Å². The molecule has 754 valence electrons. The largest absolute Gasteiger partial charge is 0.353 e. The number of hydrogen-bond acceptors (Lipinski definition) is 26. The minimum absolute atomic E-state index is 0.0700. The number of piperidine rings is 8. The van der Waals surface area contributed by atoms with E-state index in [2.05, 4.69) is 402 Å². The van der Waals surface area contributed by atoms with Gasteiger partial charge in [0.15, 0.2) is 17.5 Å². The first-order chi connectivity index (χ1) is 59.9. The summed E-state index contributed by atoms with van der Waals surface area (Å²) >= 11 is 0. The molecule has 0 saturated carbocycles. The number of likely N-dealkylation sites (tertiary alicyclic amines) is 8. The molecule has 0 aromatic carbocycles. The fraction of sp³-hybridized carbons (Fsp3) is 0.914. The maximum Gasteiger partial charge on any atom is 0.157 e. The summed E-state index contributed by atoms with van der Waals surface area (Å²) in [4.78, 5) is 60.3. The molecule has 0 radical (unpaired) electrons. The van der Waals surface area contributed by atoms with E-state index in [1.807, 2.05) is 15.8 Å². The van der Waals surface area contributed by atoms with Crippen molar-refractivity contribution in [2.75, 3.05) is 102 Å². The molecule has 11 rings (SSSR count). The van der Waals surface area contributed by atoms with Crippen LogP contribution in [0.5, 0.6) is 0 Å². The number of amidine groups is 3. The van der Waals surface area contributed by atoms with Crippen LogP contribution < -0.4 is 16.3 Å². The van der Waals surface area contributed by atoms with Crippen molar-refractivity contribution in [3.63, 3.8) is 0 Å². The van der Waals surface area contributed by atoms with E-state index >= 15 is 0 Å². The molecule has 0 bridgehead atoms. The van der Waals surface area contributed by atoms with Gasteiger partial charge in [-0.2, -0.15) is 0 Å². The lowest BCUT2D eigenvalue weighted by molar-refractivity contribution is -0.256. The molecule has 3 N–H and O–H groups in total. The van der Waals surface area contributed by atoms with Crippen LogP contribution in [0.3, 0.4) is 0 Å². The number of unbranched alkanes of at least 4 members (excludes halogenated alkanes) is 3. The van der Waals surface area contributed by atoms with E-state index in [4.69, 9.17) is 29.8 Å². The molecule has 0 amide bonds.